The highest BCUT2D eigenvalue weighted by Gasteiger charge is 2.27. The van der Waals surface area contributed by atoms with Crippen LogP contribution in [0.1, 0.15) is 55.6 Å². The molecule has 25 heavy (non-hydrogen) atoms. The first-order chi connectivity index (χ1) is 11.6. The van der Waals surface area contributed by atoms with Crippen molar-refractivity contribution in [1.82, 2.24) is 0 Å². The minimum absolute atomic E-state index is 0.870. The number of hydrogen-bond donors (Lipinski definition) is 0. The minimum atomic E-state index is -1.01. The molecule has 3 heteroatoms. The molecule has 1 aliphatic rings. The normalized spacial score (nSPS) is 14.1. The van der Waals surface area contributed by atoms with Crippen molar-refractivity contribution in [3.05, 3.63) is 55.6 Å². The third-order valence-corrected chi connectivity index (χ3v) is 7.18. The van der Waals surface area contributed by atoms with Gasteiger partial charge < -0.3 is 9.05 Å². The van der Waals surface area contributed by atoms with Gasteiger partial charge in [0.15, 0.2) is 0 Å². The lowest BCUT2D eigenvalue weighted by molar-refractivity contribution is 0.477. The molecule has 0 unspecified atom stereocenters. The van der Waals surface area contributed by atoms with Crippen molar-refractivity contribution in [3.8, 4) is 11.5 Å². The maximum atomic E-state index is 6.35. The highest BCUT2D eigenvalue weighted by molar-refractivity contribution is 7.47. The van der Waals surface area contributed by atoms with Crippen LogP contribution in [0, 0.1) is 55.4 Å². The van der Waals surface area contributed by atoms with E-state index < -0.39 is 8.38 Å². The van der Waals surface area contributed by atoms with E-state index in [-0.39, 0.29) is 0 Å². The molecule has 0 spiro atoms. The highest BCUT2D eigenvalue weighted by atomic mass is 31.2. The predicted octanol–water partition coefficient (Wildman–Crippen LogP) is 6.46. The molecule has 2 nitrogen and oxygen atoms in total. The molecule has 3 rings (SSSR count). The molecular weight excluding hydrogens is 327 g/mol. The van der Waals surface area contributed by atoms with E-state index in [0.717, 1.165) is 17.9 Å². The van der Waals surface area contributed by atoms with Crippen LogP contribution in [0.4, 0.5) is 0 Å². The van der Waals surface area contributed by atoms with Gasteiger partial charge in [-0.25, -0.2) is 0 Å². The predicted molar refractivity (Wildman–Crippen MR) is 108 cm³/mol. The van der Waals surface area contributed by atoms with Gasteiger partial charge in [0.1, 0.15) is 11.5 Å². The molecule has 0 N–H and O–H groups in total. The van der Waals surface area contributed by atoms with Crippen molar-refractivity contribution in [3.63, 3.8) is 0 Å². The smallest absolute Gasteiger partial charge is 0.287 e. The second-order valence-electron chi connectivity index (χ2n) is 7.41. The molecular formula is C22H29O2P. The van der Waals surface area contributed by atoms with Gasteiger partial charge in [-0.05, 0) is 99.9 Å². The molecule has 2 aromatic rings. The molecule has 0 bridgehead atoms. The van der Waals surface area contributed by atoms with Crippen LogP contribution >= 0.6 is 8.38 Å². The Balaban J connectivity index is 2.35. The van der Waals surface area contributed by atoms with E-state index in [0.29, 0.717) is 0 Å². The summed E-state index contributed by atoms with van der Waals surface area (Å²) in [5.41, 5.74) is 13.3. The molecule has 0 fully saturated rings. The van der Waals surface area contributed by atoms with Crippen LogP contribution < -0.4 is 9.05 Å². The summed E-state index contributed by atoms with van der Waals surface area (Å²) in [6, 6.07) is 0. The number of benzene rings is 2. The molecule has 0 atom stereocenters. The summed E-state index contributed by atoms with van der Waals surface area (Å²) >= 11 is 0. The Hall–Kier alpha value is -1.53. The van der Waals surface area contributed by atoms with E-state index in [2.05, 4.69) is 62.1 Å². The molecule has 2 aromatic carbocycles. The number of rotatable bonds is 0. The SMILES string of the molecule is Cc1c(C)c(C)c2c(c1C)Cc1c(C)c(C)c(C)c(C)c1OP(C)O2. The first-order valence-electron chi connectivity index (χ1n) is 8.93. The van der Waals surface area contributed by atoms with E-state index in [9.17, 15) is 0 Å². The lowest BCUT2D eigenvalue weighted by atomic mass is 9.86. The van der Waals surface area contributed by atoms with Gasteiger partial charge in [0.25, 0.3) is 8.38 Å². The van der Waals surface area contributed by atoms with Gasteiger partial charge in [0, 0.05) is 24.2 Å². The van der Waals surface area contributed by atoms with Crippen molar-refractivity contribution >= 4 is 8.38 Å². The second kappa shape index (κ2) is 6.32. The van der Waals surface area contributed by atoms with Crippen LogP contribution in [0.5, 0.6) is 11.5 Å². The van der Waals surface area contributed by atoms with E-state index in [1.54, 1.807) is 0 Å². The van der Waals surface area contributed by atoms with Crippen LogP contribution in [-0.4, -0.2) is 6.66 Å². The zero-order chi connectivity index (χ0) is 18.6. The third kappa shape index (κ3) is 2.75. The molecule has 1 heterocycles. The fraction of sp³-hybridized carbons (Fsp3) is 0.455. The average Bonchev–Trinajstić information content (AvgIpc) is 2.57. The van der Waals surface area contributed by atoms with Crippen LogP contribution in [-0.2, 0) is 6.42 Å². The monoisotopic (exact) mass is 356 g/mol. The van der Waals surface area contributed by atoms with Gasteiger partial charge in [-0.15, -0.1) is 0 Å². The number of hydrogen-bond acceptors (Lipinski definition) is 2. The number of fused-ring (bicyclic) bond motifs is 2. The first kappa shape index (κ1) is 18.3. The van der Waals surface area contributed by atoms with Gasteiger partial charge in [-0.1, -0.05) is 0 Å². The van der Waals surface area contributed by atoms with Crippen molar-refractivity contribution in [2.75, 3.05) is 6.66 Å². The Morgan fingerprint density at radius 3 is 1.20 bits per heavy atom. The summed E-state index contributed by atoms with van der Waals surface area (Å²) in [6.45, 7) is 19.7. The third-order valence-electron chi connectivity index (χ3n) is 6.30. The highest BCUT2D eigenvalue weighted by Crippen LogP contribution is 2.49. The average molecular weight is 356 g/mol. The minimum Gasteiger partial charge on any atom is -0.438 e. The molecule has 1 aliphatic heterocycles. The molecule has 0 amide bonds. The van der Waals surface area contributed by atoms with Gasteiger partial charge in [-0.2, -0.15) is 0 Å². The van der Waals surface area contributed by atoms with Crippen LogP contribution in [0.25, 0.3) is 0 Å². The first-order valence-corrected chi connectivity index (χ1v) is 10.6. The molecule has 0 saturated carbocycles. The Kier molecular flexibility index (Phi) is 4.62. The zero-order valence-electron chi connectivity index (χ0n) is 17.0. The van der Waals surface area contributed by atoms with Crippen LogP contribution in [0.15, 0.2) is 0 Å². The Labute approximate surface area is 153 Å². The van der Waals surface area contributed by atoms with Gasteiger partial charge in [-0.3, -0.25) is 0 Å². The summed E-state index contributed by atoms with van der Waals surface area (Å²) in [6.07, 6.45) is 0.870. The van der Waals surface area contributed by atoms with E-state index in [4.69, 9.17) is 9.05 Å². The Bertz CT molecular complexity index is 810. The van der Waals surface area contributed by atoms with E-state index in [1.165, 1.54) is 55.6 Å². The molecule has 134 valence electrons. The summed E-state index contributed by atoms with van der Waals surface area (Å²) < 4.78 is 12.7. The van der Waals surface area contributed by atoms with Crippen molar-refractivity contribution in [2.24, 2.45) is 0 Å². The summed E-state index contributed by atoms with van der Waals surface area (Å²) in [5.74, 6) is 2.07. The van der Waals surface area contributed by atoms with Crippen molar-refractivity contribution in [2.45, 2.75) is 61.8 Å². The van der Waals surface area contributed by atoms with Gasteiger partial charge in [0.05, 0.1) is 0 Å². The van der Waals surface area contributed by atoms with Crippen LogP contribution in [0.3, 0.4) is 0 Å². The Morgan fingerprint density at radius 1 is 0.520 bits per heavy atom. The maximum absolute atomic E-state index is 6.35. The molecule has 0 aliphatic carbocycles. The topological polar surface area (TPSA) is 18.5 Å². The molecule has 0 radical (unpaired) electrons. The Morgan fingerprint density at radius 2 is 0.840 bits per heavy atom. The fourth-order valence-electron chi connectivity index (χ4n) is 3.84. The largest absolute Gasteiger partial charge is 0.438 e. The zero-order valence-corrected chi connectivity index (χ0v) is 17.9. The lowest BCUT2D eigenvalue weighted by Crippen LogP contribution is -2.12. The van der Waals surface area contributed by atoms with Crippen molar-refractivity contribution in [1.29, 1.82) is 0 Å². The van der Waals surface area contributed by atoms with Gasteiger partial charge in [0.2, 0.25) is 0 Å². The fourth-order valence-corrected chi connectivity index (χ4v) is 4.88. The van der Waals surface area contributed by atoms with E-state index >= 15 is 0 Å². The summed E-state index contributed by atoms with van der Waals surface area (Å²) in [5, 5.41) is 0. The lowest BCUT2D eigenvalue weighted by Gasteiger charge is -2.29. The summed E-state index contributed by atoms with van der Waals surface area (Å²) in [7, 11) is -1.01. The summed E-state index contributed by atoms with van der Waals surface area (Å²) in [4.78, 5) is 0. The molecule has 0 aromatic heterocycles. The maximum Gasteiger partial charge on any atom is 0.287 e. The van der Waals surface area contributed by atoms with Crippen LogP contribution in [0.2, 0.25) is 0 Å². The second-order valence-corrected chi connectivity index (χ2v) is 8.66. The quantitative estimate of drug-likeness (QED) is 0.505. The van der Waals surface area contributed by atoms with Crippen molar-refractivity contribution < 1.29 is 9.05 Å². The van der Waals surface area contributed by atoms with E-state index in [1.807, 2.05) is 0 Å². The van der Waals surface area contributed by atoms with Gasteiger partial charge >= 0.3 is 0 Å². The molecule has 0 saturated heterocycles. The standard InChI is InChI=1S/C22H29O2P/c1-11-13(3)17(7)21-19(15(11)5)10-20-16(6)12(2)14(4)18(8)22(20)24-25(9)23-21/h10H2,1-9H3.